The monoisotopic (exact) mass is 337 g/mol. The van der Waals surface area contributed by atoms with E-state index in [1.54, 1.807) is 25.3 Å². The van der Waals surface area contributed by atoms with Gasteiger partial charge >= 0.3 is 0 Å². The summed E-state index contributed by atoms with van der Waals surface area (Å²) < 4.78 is 5.30. The highest BCUT2D eigenvalue weighted by atomic mass is 16.5. The van der Waals surface area contributed by atoms with Crippen molar-refractivity contribution < 1.29 is 9.53 Å². The Labute approximate surface area is 144 Å². The second-order valence-electron chi connectivity index (χ2n) is 5.63. The molecule has 2 N–H and O–H groups in total. The van der Waals surface area contributed by atoms with E-state index in [1.165, 1.54) is 0 Å². The molecule has 1 aromatic heterocycles. The minimum absolute atomic E-state index is 0.114. The minimum Gasteiger partial charge on any atom is -0.496 e. The number of benzene rings is 2. The first-order valence-electron chi connectivity index (χ1n) is 8.04. The Morgan fingerprint density at radius 1 is 1.12 bits per heavy atom. The SMILES string of the molecule is COc1ccccc1CCNC(=O)Cc1n[nH]c(=O)c2ccccc12. The first-order valence-corrected chi connectivity index (χ1v) is 8.04. The number of para-hydroxylation sites is 1. The van der Waals surface area contributed by atoms with E-state index in [-0.39, 0.29) is 17.9 Å². The van der Waals surface area contributed by atoms with Gasteiger partial charge in [-0.05, 0) is 24.1 Å². The average Bonchev–Trinajstić information content (AvgIpc) is 2.65. The fourth-order valence-electron chi connectivity index (χ4n) is 2.77. The Morgan fingerprint density at radius 3 is 2.64 bits per heavy atom. The number of nitrogens with one attached hydrogen (secondary N) is 2. The largest absolute Gasteiger partial charge is 0.496 e. The summed E-state index contributed by atoms with van der Waals surface area (Å²) in [5, 5.41) is 10.6. The van der Waals surface area contributed by atoms with Crippen molar-refractivity contribution >= 4 is 16.7 Å². The normalized spacial score (nSPS) is 10.6. The number of hydrogen-bond acceptors (Lipinski definition) is 4. The maximum atomic E-state index is 12.2. The standard InChI is InChI=1S/C19H19N3O3/c1-25-17-9-5-2-6-13(17)10-11-20-18(23)12-16-14-7-3-4-8-15(14)19(24)22-21-16/h2-9H,10-12H2,1H3,(H,20,23)(H,22,24). The van der Waals surface area contributed by atoms with Crippen LogP contribution in [0, 0.1) is 0 Å². The number of carbonyl (C=O) groups is 1. The third-order valence-electron chi connectivity index (χ3n) is 4.01. The fourth-order valence-corrected chi connectivity index (χ4v) is 2.77. The van der Waals surface area contributed by atoms with Gasteiger partial charge < -0.3 is 10.1 Å². The van der Waals surface area contributed by atoms with Crippen LogP contribution in [0.2, 0.25) is 0 Å². The van der Waals surface area contributed by atoms with Gasteiger partial charge in [0.1, 0.15) is 5.75 Å². The Hall–Kier alpha value is -3.15. The Morgan fingerprint density at radius 2 is 1.84 bits per heavy atom. The highest BCUT2D eigenvalue weighted by molar-refractivity contribution is 5.88. The summed E-state index contributed by atoms with van der Waals surface area (Å²) in [6.07, 6.45) is 0.790. The number of carbonyl (C=O) groups excluding carboxylic acids is 1. The van der Waals surface area contributed by atoms with Gasteiger partial charge in [0, 0.05) is 11.9 Å². The molecule has 0 radical (unpaired) electrons. The van der Waals surface area contributed by atoms with Crippen LogP contribution in [0.25, 0.3) is 10.8 Å². The fraction of sp³-hybridized carbons (Fsp3) is 0.211. The zero-order valence-corrected chi connectivity index (χ0v) is 13.9. The number of nitrogens with zero attached hydrogens (tertiary/aromatic N) is 1. The molecule has 1 amide bonds. The van der Waals surface area contributed by atoms with Gasteiger partial charge in [-0.2, -0.15) is 5.10 Å². The van der Waals surface area contributed by atoms with Crippen LogP contribution < -0.4 is 15.6 Å². The number of ether oxygens (including phenoxy) is 1. The molecular weight excluding hydrogens is 318 g/mol. The summed E-state index contributed by atoms with van der Waals surface area (Å²) in [4.78, 5) is 24.0. The number of aromatic nitrogens is 2. The second-order valence-corrected chi connectivity index (χ2v) is 5.63. The van der Waals surface area contributed by atoms with E-state index in [0.29, 0.717) is 29.4 Å². The molecule has 1 heterocycles. The van der Waals surface area contributed by atoms with Crippen LogP contribution in [0.4, 0.5) is 0 Å². The molecule has 0 fully saturated rings. The molecule has 6 nitrogen and oxygen atoms in total. The first-order chi connectivity index (χ1) is 12.2. The topological polar surface area (TPSA) is 84.1 Å². The van der Waals surface area contributed by atoms with E-state index in [1.807, 2.05) is 30.3 Å². The van der Waals surface area contributed by atoms with Crippen LogP contribution in [-0.2, 0) is 17.6 Å². The summed E-state index contributed by atoms with van der Waals surface area (Å²) in [5.41, 5.74) is 1.35. The summed E-state index contributed by atoms with van der Waals surface area (Å²) >= 11 is 0. The van der Waals surface area contributed by atoms with Crippen LogP contribution in [0.1, 0.15) is 11.3 Å². The quantitative estimate of drug-likeness (QED) is 0.719. The second kappa shape index (κ2) is 7.61. The van der Waals surface area contributed by atoms with Crippen molar-refractivity contribution in [3.05, 3.63) is 70.1 Å². The number of amides is 1. The van der Waals surface area contributed by atoms with Crippen molar-refractivity contribution in [1.82, 2.24) is 15.5 Å². The number of rotatable bonds is 6. The zero-order chi connectivity index (χ0) is 17.6. The lowest BCUT2D eigenvalue weighted by atomic mass is 10.1. The summed E-state index contributed by atoms with van der Waals surface area (Å²) in [6.45, 7) is 0.500. The van der Waals surface area contributed by atoms with Crippen LogP contribution in [0.5, 0.6) is 5.75 Å². The van der Waals surface area contributed by atoms with Crippen molar-refractivity contribution in [3.8, 4) is 5.75 Å². The number of aromatic amines is 1. The van der Waals surface area contributed by atoms with E-state index < -0.39 is 0 Å². The molecule has 0 unspecified atom stereocenters. The molecule has 3 rings (SSSR count). The van der Waals surface area contributed by atoms with Crippen LogP contribution in [-0.4, -0.2) is 29.8 Å². The molecule has 0 aliphatic rings. The lowest BCUT2D eigenvalue weighted by Crippen LogP contribution is -2.28. The molecule has 0 spiro atoms. The smallest absolute Gasteiger partial charge is 0.272 e. The number of methoxy groups -OCH3 is 1. The van der Waals surface area contributed by atoms with E-state index in [9.17, 15) is 9.59 Å². The molecule has 6 heteroatoms. The molecule has 128 valence electrons. The summed E-state index contributed by atoms with van der Waals surface area (Å²) in [7, 11) is 1.63. The Bertz CT molecular complexity index is 950. The van der Waals surface area contributed by atoms with Crippen molar-refractivity contribution in [2.75, 3.05) is 13.7 Å². The molecule has 0 bridgehead atoms. The molecular formula is C19H19N3O3. The maximum absolute atomic E-state index is 12.2. The highest BCUT2D eigenvalue weighted by Gasteiger charge is 2.10. The molecule has 0 aliphatic heterocycles. The van der Waals surface area contributed by atoms with Gasteiger partial charge in [-0.3, -0.25) is 9.59 Å². The van der Waals surface area contributed by atoms with E-state index in [0.717, 1.165) is 11.3 Å². The molecule has 0 saturated heterocycles. The lowest BCUT2D eigenvalue weighted by molar-refractivity contribution is -0.120. The zero-order valence-electron chi connectivity index (χ0n) is 13.9. The van der Waals surface area contributed by atoms with Gasteiger partial charge in [-0.1, -0.05) is 36.4 Å². The highest BCUT2D eigenvalue weighted by Crippen LogP contribution is 2.17. The van der Waals surface area contributed by atoms with Gasteiger partial charge in [0.25, 0.3) is 5.56 Å². The van der Waals surface area contributed by atoms with E-state index in [4.69, 9.17) is 4.74 Å². The summed E-state index contributed by atoms with van der Waals surface area (Å²) in [5.74, 6) is 0.671. The van der Waals surface area contributed by atoms with Crippen molar-refractivity contribution in [2.45, 2.75) is 12.8 Å². The minimum atomic E-state index is -0.254. The van der Waals surface area contributed by atoms with Gasteiger partial charge in [0.15, 0.2) is 0 Å². The molecule has 0 atom stereocenters. The lowest BCUT2D eigenvalue weighted by Gasteiger charge is -2.09. The van der Waals surface area contributed by atoms with Crippen LogP contribution >= 0.6 is 0 Å². The predicted molar refractivity (Wildman–Crippen MR) is 95.8 cm³/mol. The van der Waals surface area contributed by atoms with Gasteiger partial charge in [0.05, 0.1) is 24.6 Å². The van der Waals surface area contributed by atoms with Crippen molar-refractivity contribution in [3.63, 3.8) is 0 Å². The van der Waals surface area contributed by atoms with Gasteiger partial charge in [-0.15, -0.1) is 0 Å². The molecule has 3 aromatic rings. The van der Waals surface area contributed by atoms with Crippen LogP contribution in [0.15, 0.2) is 53.3 Å². The number of fused-ring (bicyclic) bond motifs is 1. The molecule has 2 aromatic carbocycles. The molecule has 0 aliphatic carbocycles. The van der Waals surface area contributed by atoms with Gasteiger partial charge in [0.2, 0.25) is 5.91 Å². The summed E-state index contributed by atoms with van der Waals surface area (Å²) in [6, 6.07) is 14.9. The van der Waals surface area contributed by atoms with Crippen molar-refractivity contribution in [2.24, 2.45) is 0 Å². The van der Waals surface area contributed by atoms with E-state index >= 15 is 0 Å². The Balaban J connectivity index is 1.64. The first kappa shape index (κ1) is 16.7. The predicted octanol–water partition coefficient (Wildman–Crippen LogP) is 1.83. The number of hydrogen-bond donors (Lipinski definition) is 2. The third-order valence-corrected chi connectivity index (χ3v) is 4.01. The van der Waals surface area contributed by atoms with Crippen molar-refractivity contribution in [1.29, 1.82) is 0 Å². The molecule has 0 saturated carbocycles. The Kier molecular flexibility index (Phi) is 5.09. The third kappa shape index (κ3) is 3.85. The van der Waals surface area contributed by atoms with E-state index in [2.05, 4.69) is 15.5 Å². The van der Waals surface area contributed by atoms with Crippen LogP contribution in [0.3, 0.4) is 0 Å². The number of H-pyrrole nitrogens is 1. The van der Waals surface area contributed by atoms with Gasteiger partial charge in [-0.25, -0.2) is 5.10 Å². The maximum Gasteiger partial charge on any atom is 0.272 e. The average molecular weight is 337 g/mol. The molecule has 25 heavy (non-hydrogen) atoms.